The largest absolute Gasteiger partial charge is 0.355 e. The number of carbonyl (C=O) groups is 1. The van der Waals surface area contributed by atoms with E-state index in [1.807, 2.05) is 35.6 Å². The van der Waals surface area contributed by atoms with Gasteiger partial charge in [0, 0.05) is 13.1 Å². The number of rotatable bonds is 8. The lowest BCUT2D eigenvalue weighted by Crippen LogP contribution is -2.26. The van der Waals surface area contributed by atoms with Crippen molar-refractivity contribution in [2.24, 2.45) is 0 Å². The molecule has 0 saturated carbocycles. The third-order valence-corrected chi connectivity index (χ3v) is 6.34. The Morgan fingerprint density at radius 1 is 1.23 bits per heavy atom. The van der Waals surface area contributed by atoms with Crippen LogP contribution in [0.3, 0.4) is 0 Å². The number of nitrogens with zero attached hydrogens (tertiary/aromatic N) is 4. The third kappa shape index (κ3) is 4.28. The fraction of sp³-hybridized carbons (Fsp3) is 0.455. The molecule has 8 heteroatoms. The zero-order valence-corrected chi connectivity index (χ0v) is 18.1. The van der Waals surface area contributed by atoms with E-state index in [0.717, 1.165) is 31.2 Å². The first kappa shape index (κ1) is 20.7. The van der Waals surface area contributed by atoms with Gasteiger partial charge in [-0.15, -0.1) is 10.2 Å². The number of para-hydroxylation sites is 1. The predicted octanol–water partition coefficient (Wildman–Crippen LogP) is 3.55. The molecule has 7 nitrogen and oxygen atoms in total. The van der Waals surface area contributed by atoms with E-state index in [1.165, 1.54) is 30.2 Å². The van der Waals surface area contributed by atoms with Crippen molar-refractivity contribution < 1.29 is 4.79 Å². The number of aromatic nitrogens is 4. The van der Waals surface area contributed by atoms with Crippen LogP contribution in [0.5, 0.6) is 0 Å². The Morgan fingerprint density at radius 2 is 2.10 bits per heavy atom. The molecule has 1 aliphatic rings. The molecule has 2 aromatic heterocycles. The van der Waals surface area contributed by atoms with E-state index in [1.54, 1.807) is 4.57 Å². The van der Waals surface area contributed by atoms with Crippen LogP contribution < -0.4 is 10.9 Å². The number of allylic oxidation sites excluding steroid dienone is 1. The van der Waals surface area contributed by atoms with E-state index in [-0.39, 0.29) is 17.2 Å². The highest BCUT2D eigenvalue weighted by molar-refractivity contribution is 7.99. The molecule has 0 unspecified atom stereocenters. The molecule has 1 amide bonds. The second kappa shape index (κ2) is 9.47. The maximum atomic E-state index is 12.9. The molecule has 1 aromatic carbocycles. The van der Waals surface area contributed by atoms with Crippen molar-refractivity contribution in [2.45, 2.75) is 57.1 Å². The molecule has 2 heterocycles. The van der Waals surface area contributed by atoms with E-state index in [2.05, 4.69) is 21.6 Å². The molecular weight excluding hydrogens is 398 g/mol. The SMILES string of the molecule is CCCn1c(=O)c2ccccc2n2c(SCC(=O)NCCC3=CCCCC3)nnc12. The predicted molar refractivity (Wildman–Crippen MR) is 120 cm³/mol. The van der Waals surface area contributed by atoms with Crippen molar-refractivity contribution in [3.63, 3.8) is 0 Å². The summed E-state index contributed by atoms with van der Waals surface area (Å²) >= 11 is 1.35. The average Bonchev–Trinajstić information content (AvgIpc) is 3.20. The molecule has 0 aliphatic heterocycles. The van der Waals surface area contributed by atoms with Crippen molar-refractivity contribution in [1.29, 1.82) is 0 Å². The van der Waals surface area contributed by atoms with E-state index >= 15 is 0 Å². The van der Waals surface area contributed by atoms with Gasteiger partial charge >= 0.3 is 0 Å². The van der Waals surface area contributed by atoms with Gasteiger partial charge in [0.1, 0.15) is 0 Å². The minimum atomic E-state index is -0.0568. The van der Waals surface area contributed by atoms with Gasteiger partial charge in [-0.25, -0.2) is 0 Å². The van der Waals surface area contributed by atoms with Gasteiger partial charge in [0.25, 0.3) is 5.56 Å². The summed E-state index contributed by atoms with van der Waals surface area (Å²) in [5.74, 6) is 0.771. The highest BCUT2D eigenvalue weighted by Gasteiger charge is 2.17. The molecule has 0 fully saturated rings. The van der Waals surface area contributed by atoms with Gasteiger partial charge in [-0.05, 0) is 50.7 Å². The van der Waals surface area contributed by atoms with Gasteiger partial charge in [0.2, 0.25) is 11.7 Å². The summed E-state index contributed by atoms with van der Waals surface area (Å²) in [4.78, 5) is 25.2. The molecule has 0 radical (unpaired) electrons. The van der Waals surface area contributed by atoms with E-state index in [0.29, 0.717) is 29.4 Å². The number of aryl methyl sites for hydroxylation is 1. The normalized spacial score (nSPS) is 14.2. The van der Waals surface area contributed by atoms with Crippen LogP contribution in [0.2, 0.25) is 0 Å². The number of thioether (sulfide) groups is 1. The number of amides is 1. The Hall–Kier alpha value is -2.61. The first-order valence-electron chi connectivity index (χ1n) is 10.6. The van der Waals surface area contributed by atoms with E-state index in [9.17, 15) is 9.59 Å². The Morgan fingerprint density at radius 3 is 2.90 bits per heavy atom. The Kier molecular flexibility index (Phi) is 6.52. The second-order valence-corrected chi connectivity index (χ2v) is 8.53. The van der Waals surface area contributed by atoms with Crippen molar-refractivity contribution in [1.82, 2.24) is 24.5 Å². The minimum Gasteiger partial charge on any atom is -0.355 e. The summed E-state index contributed by atoms with van der Waals surface area (Å²) in [5, 5.41) is 12.8. The molecular formula is C22H27N5O2S. The summed E-state index contributed by atoms with van der Waals surface area (Å²) < 4.78 is 3.55. The topological polar surface area (TPSA) is 81.3 Å². The number of nitrogens with one attached hydrogen (secondary N) is 1. The van der Waals surface area contributed by atoms with E-state index in [4.69, 9.17) is 0 Å². The number of hydrogen-bond donors (Lipinski definition) is 1. The monoisotopic (exact) mass is 425 g/mol. The van der Waals surface area contributed by atoms with E-state index < -0.39 is 0 Å². The maximum Gasteiger partial charge on any atom is 0.262 e. The lowest BCUT2D eigenvalue weighted by molar-refractivity contribution is -0.118. The second-order valence-electron chi connectivity index (χ2n) is 7.59. The van der Waals surface area contributed by atoms with Crippen LogP contribution >= 0.6 is 11.8 Å². The lowest BCUT2D eigenvalue weighted by atomic mass is 9.97. The summed E-state index contributed by atoms with van der Waals surface area (Å²) in [6.07, 6.45) is 8.92. The van der Waals surface area contributed by atoms with Gasteiger partial charge in [-0.2, -0.15) is 0 Å². The summed E-state index contributed by atoms with van der Waals surface area (Å²) in [6.45, 7) is 3.27. The highest BCUT2D eigenvalue weighted by atomic mass is 32.2. The summed E-state index contributed by atoms with van der Waals surface area (Å²) in [5.41, 5.74) is 2.17. The van der Waals surface area contributed by atoms with Gasteiger partial charge < -0.3 is 5.32 Å². The maximum absolute atomic E-state index is 12.9. The minimum absolute atomic E-state index is 0.0145. The van der Waals surface area contributed by atoms with Crippen LogP contribution in [0, 0.1) is 0 Å². The smallest absolute Gasteiger partial charge is 0.262 e. The number of carbonyl (C=O) groups excluding carboxylic acids is 1. The van der Waals surface area contributed by atoms with Crippen LogP contribution in [0.15, 0.2) is 45.9 Å². The van der Waals surface area contributed by atoms with Crippen LogP contribution in [-0.4, -0.2) is 37.4 Å². The average molecular weight is 426 g/mol. The molecule has 158 valence electrons. The van der Waals surface area contributed by atoms with Crippen LogP contribution in [0.4, 0.5) is 0 Å². The fourth-order valence-electron chi connectivity index (χ4n) is 3.93. The molecule has 0 spiro atoms. The molecule has 0 atom stereocenters. The first-order chi connectivity index (χ1) is 14.7. The molecule has 4 rings (SSSR count). The molecule has 3 aromatic rings. The zero-order chi connectivity index (χ0) is 20.9. The van der Waals surface area contributed by atoms with Crippen molar-refractivity contribution in [3.05, 3.63) is 46.3 Å². The number of benzene rings is 1. The molecule has 30 heavy (non-hydrogen) atoms. The Bertz CT molecular complexity index is 1150. The Labute approximate surface area is 179 Å². The lowest BCUT2D eigenvalue weighted by Gasteiger charge is -2.13. The third-order valence-electron chi connectivity index (χ3n) is 5.41. The van der Waals surface area contributed by atoms with Crippen molar-refractivity contribution in [3.8, 4) is 0 Å². The standard InChI is InChI=1S/C22H27N5O2S/c1-2-14-26-20(29)17-10-6-7-11-18(17)27-21(26)24-25-22(27)30-15-19(28)23-13-12-16-8-4-3-5-9-16/h6-8,10-11H,2-5,9,12-15H2,1H3,(H,23,28). The number of fused-ring (bicyclic) bond motifs is 3. The van der Waals surface area contributed by atoms with Gasteiger partial charge in [0.15, 0.2) is 5.16 Å². The molecule has 1 N–H and O–H groups in total. The van der Waals surface area contributed by atoms with Crippen molar-refractivity contribution in [2.75, 3.05) is 12.3 Å². The zero-order valence-electron chi connectivity index (χ0n) is 17.3. The van der Waals surface area contributed by atoms with Crippen LogP contribution in [0.1, 0.15) is 45.4 Å². The summed E-state index contributed by atoms with van der Waals surface area (Å²) in [6, 6.07) is 7.47. The molecule has 0 saturated heterocycles. The fourth-order valence-corrected chi connectivity index (χ4v) is 4.70. The quantitative estimate of drug-likeness (QED) is 0.441. The van der Waals surface area contributed by atoms with Gasteiger partial charge in [0.05, 0.1) is 16.7 Å². The van der Waals surface area contributed by atoms with Crippen molar-refractivity contribution >= 4 is 34.3 Å². The van der Waals surface area contributed by atoms with Crippen LogP contribution in [-0.2, 0) is 11.3 Å². The van der Waals surface area contributed by atoms with Gasteiger partial charge in [-0.1, -0.05) is 42.5 Å². The number of hydrogen-bond acceptors (Lipinski definition) is 5. The molecule has 0 bridgehead atoms. The molecule has 1 aliphatic carbocycles. The summed E-state index contributed by atoms with van der Waals surface area (Å²) in [7, 11) is 0. The Balaban J connectivity index is 1.50. The van der Waals surface area contributed by atoms with Crippen LogP contribution in [0.25, 0.3) is 16.7 Å². The highest BCUT2D eigenvalue weighted by Crippen LogP contribution is 2.22. The van der Waals surface area contributed by atoms with Gasteiger partial charge in [-0.3, -0.25) is 18.6 Å². The first-order valence-corrected chi connectivity index (χ1v) is 11.6.